The lowest BCUT2D eigenvalue weighted by molar-refractivity contribution is -0.147. The maximum atomic E-state index is 12.7. The molecule has 31 heavy (non-hydrogen) atoms. The van der Waals surface area contributed by atoms with Crippen LogP contribution in [0.5, 0.6) is 0 Å². The number of esters is 1. The minimum absolute atomic E-state index is 0.0173. The molecule has 9 nitrogen and oxygen atoms in total. The highest BCUT2D eigenvalue weighted by molar-refractivity contribution is 7.90. The summed E-state index contributed by atoms with van der Waals surface area (Å²) in [5, 5.41) is 4.81. The fourth-order valence-corrected chi connectivity index (χ4v) is 4.05. The summed E-state index contributed by atoms with van der Waals surface area (Å²) in [5.41, 5.74) is -1.69. The molecule has 0 spiro atoms. The van der Waals surface area contributed by atoms with Crippen molar-refractivity contribution < 1.29 is 32.3 Å². The first-order valence-electron chi connectivity index (χ1n) is 9.88. The topological polar surface area (TPSA) is 128 Å². The summed E-state index contributed by atoms with van der Waals surface area (Å²) < 4.78 is 35.3. The standard InChI is InChI=1S/C21H32N2O7S/c1-7-29-17(24)16(14-31(27,28)13-15-11-9-8-10-12-15)22-18(25)21(5,6)23-19(26)30-20(2,3)4/h8-12,16H,7,13-14H2,1-6H3,(H,22,25)(H,23,26)/t16-/m1/s1. The molecule has 0 aliphatic rings. The Morgan fingerprint density at radius 1 is 1.03 bits per heavy atom. The number of amides is 2. The van der Waals surface area contributed by atoms with Crippen LogP contribution < -0.4 is 10.6 Å². The van der Waals surface area contributed by atoms with E-state index in [9.17, 15) is 22.8 Å². The number of sulfone groups is 1. The lowest BCUT2D eigenvalue weighted by Crippen LogP contribution is -2.59. The first kappa shape index (κ1) is 26.4. The number of benzene rings is 1. The molecule has 0 aliphatic heterocycles. The molecule has 2 amide bonds. The van der Waals surface area contributed by atoms with E-state index in [1.165, 1.54) is 13.8 Å². The van der Waals surface area contributed by atoms with Gasteiger partial charge in [-0.05, 0) is 47.1 Å². The van der Waals surface area contributed by atoms with Gasteiger partial charge in [0.15, 0.2) is 9.84 Å². The van der Waals surface area contributed by atoms with Gasteiger partial charge in [0.25, 0.3) is 0 Å². The molecule has 174 valence electrons. The third kappa shape index (κ3) is 9.82. The van der Waals surface area contributed by atoms with Crippen LogP contribution in [0.3, 0.4) is 0 Å². The molecular formula is C21H32N2O7S. The monoisotopic (exact) mass is 456 g/mol. The highest BCUT2D eigenvalue weighted by Gasteiger charge is 2.36. The number of hydrogen-bond donors (Lipinski definition) is 2. The van der Waals surface area contributed by atoms with E-state index in [4.69, 9.17) is 9.47 Å². The molecule has 0 unspecified atom stereocenters. The number of alkyl carbamates (subject to hydrolysis) is 1. The van der Waals surface area contributed by atoms with Gasteiger partial charge in [0.2, 0.25) is 5.91 Å². The molecule has 0 fully saturated rings. The summed E-state index contributed by atoms with van der Waals surface area (Å²) >= 11 is 0. The van der Waals surface area contributed by atoms with Crippen molar-refractivity contribution in [1.29, 1.82) is 0 Å². The zero-order chi connectivity index (χ0) is 23.9. The average Bonchev–Trinajstić information content (AvgIpc) is 2.59. The quantitative estimate of drug-likeness (QED) is 0.544. The highest BCUT2D eigenvalue weighted by Crippen LogP contribution is 2.12. The maximum Gasteiger partial charge on any atom is 0.408 e. The van der Waals surface area contributed by atoms with Crippen LogP contribution >= 0.6 is 0 Å². The Labute approximate surface area is 183 Å². The predicted molar refractivity (Wildman–Crippen MR) is 116 cm³/mol. The maximum absolute atomic E-state index is 12.7. The molecule has 0 bridgehead atoms. The normalized spacial score (nSPS) is 13.1. The van der Waals surface area contributed by atoms with Gasteiger partial charge in [-0.15, -0.1) is 0 Å². The van der Waals surface area contributed by atoms with Crippen LogP contribution in [-0.4, -0.2) is 55.9 Å². The summed E-state index contributed by atoms with van der Waals surface area (Å²) in [4.78, 5) is 37.1. The third-order valence-electron chi connectivity index (χ3n) is 3.91. The van der Waals surface area contributed by atoms with Crippen LogP contribution in [-0.2, 0) is 34.7 Å². The highest BCUT2D eigenvalue weighted by atomic mass is 32.2. The van der Waals surface area contributed by atoms with Gasteiger partial charge in [0.1, 0.15) is 17.2 Å². The van der Waals surface area contributed by atoms with E-state index in [1.54, 1.807) is 58.0 Å². The number of ether oxygens (including phenoxy) is 2. The van der Waals surface area contributed by atoms with Crippen molar-refractivity contribution in [1.82, 2.24) is 10.6 Å². The first-order chi connectivity index (χ1) is 14.1. The third-order valence-corrected chi connectivity index (χ3v) is 5.52. The fraction of sp³-hybridized carbons (Fsp3) is 0.571. The molecule has 0 heterocycles. The summed E-state index contributed by atoms with van der Waals surface area (Å²) in [6, 6.07) is 7.06. The molecule has 1 rings (SSSR count). The van der Waals surface area contributed by atoms with Crippen molar-refractivity contribution in [2.24, 2.45) is 0 Å². The number of hydrogen-bond acceptors (Lipinski definition) is 7. The van der Waals surface area contributed by atoms with E-state index in [0.29, 0.717) is 5.56 Å². The van der Waals surface area contributed by atoms with Crippen LogP contribution in [0.2, 0.25) is 0 Å². The Morgan fingerprint density at radius 2 is 1.61 bits per heavy atom. The second-order valence-corrected chi connectivity index (χ2v) is 10.7. The van der Waals surface area contributed by atoms with E-state index in [-0.39, 0.29) is 12.4 Å². The van der Waals surface area contributed by atoms with Gasteiger partial charge >= 0.3 is 12.1 Å². The zero-order valence-corrected chi connectivity index (χ0v) is 19.7. The molecule has 1 aromatic carbocycles. The van der Waals surface area contributed by atoms with Gasteiger partial charge in [0.05, 0.1) is 18.1 Å². The van der Waals surface area contributed by atoms with Gasteiger partial charge in [0, 0.05) is 0 Å². The molecule has 1 aromatic rings. The van der Waals surface area contributed by atoms with Crippen molar-refractivity contribution >= 4 is 27.8 Å². The fourth-order valence-electron chi connectivity index (χ4n) is 2.51. The van der Waals surface area contributed by atoms with Crippen molar-refractivity contribution in [2.75, 3.05) is 12.4 Å². The second kappa shape index (κ2) is 10.6. The molecule has 2 N–H and O–H groups in total. The van der Waals surface area contributed by atoms with Crippen LogP contribution in [0.4, 0.5) is 4.79 Å². The predicted octanol–water partition coefficient (Wildman–Crippen LogP) is 1.95. The van der Waals surface area contributed by atoms with Gasteiger partial charge in [-0.1, -0.05) is 30.3 Å². The van der Waals surface area contributed by atoms with E-state index in [1.807, 2.05) is 0 Å². The summed E-state index contributed by atoms with van der Waals surface area (Å²) in [5.74, 6) is -2.57. The average molecular weight is 457 g/mol. The minimum atomic E-state index is -3.76. The van der Waals surface area contributed by atoms with Crippen LogP contribution in [0, 0.1) is 0 Å². The zero-order valence-electron chi connectivity index (χ0n) is 18.9. The number of nitrogens with one attached hydrogen (secondary N) is 2. The van der Waals surface area contributed by atoms with E-state index in [0.717, 1.165) is 0 Å². The van der Waals surface area contributed by atoms with Crippen LogP contribution in [0.1, 0.15) is 47.1 Å². The van der Waals surface area contributed by atoms with Gasteiger partial charge < -0.3 is 20.1 Å². The first-order valence-corrected chi connectivity index (χ1v) is 11.7. The Bertz CT molecular complexity index is 875. The van der Waals surface area contributed by atoms with E-state index < -0.39 is 50.7 Å². The minimum Gasteiger partial charge on any atom is -0.464 e. The Hall–Kier alpha value is -2.62. The molecule has 0 radical (unpaired) electrons. The summed E-state index contributed by atoms with van der Waals surface area (Å²) in [6.45, 7) is 9.43. The lowest BCUT2D eigenvalue weighted by atomic mass is 10.0. The van der Waals surface area contributed by atoms with E-state index in [2.05, 4.69) is 10.6 Å². The van der Waals surface area contributed by atoms with E-state index >= 15 is 0 Å². The van der Waals surface area contributed by atoms with Crippen molar-refractivity contribution in [3.8, 4) is 0 Å². The SMILES string of the molecule is CCOC(=O)[C@@H](CS(=O)(=O)Cc1ccccc1)NC(=O)C(C)(C)NC(=O)OC(C)(C)C. The molecule has 0 saturated carbocycles. The summed E-state index contributed by atoms with van der Waals surface area (Å²) in [7, 11) is -3.76. The van der Waals surface area contributed by atoms with Crippen molar-refractivity contribution in [3.05, 3.63) is 35.9 Å². The summed E-state index contributed by atoms with van der Waals surface area (Å²) in [6.07, 6.45) is -0.822. The lowest BCUT2D eigenvalue weighted by Gasteiger charge is -2.29. The smallest absolute Gasteiger partial charge is 0.408 e. The Morgan fingerprint density at radius 3 is 2.13 bits per heavy atom. The molecule has 10 heteroatoms. The van der Waals surface area contributed by atoms with Crippen molar-refractivity contribution in [3.63, 3.8) is 0 Å². The molecule has 0 saturated heterocycles. The number of carbonyl (C=O) groups is 3. The largest absolute Gasteiger partial charge is 0.464 e. The molecule has 1 atom stereocenters. The Kier molecular flexibility index (Phi) is 9.04. The second-order valence-electron chi connectivity index (χ2n) is 8.57. The Balaban J connectivity index is 2.94. The number of carbonyl (C=O) groups excluding carboxylic acids is 3. The van der Waals surface area contributed by atoms with Crippen molar-refractivity contribution in [2.45, 2.75) is 64.5 Å². The van der Waals surface area contributed by atoms with Gasteiger partial charge in [-0.2, -0.15) is 0 Å². The van der Waals surface area contributed by atoms with Crippen LogP contribution in [0.25, 0.3) is 0 Å². The molecule has 0 aliphatic carbocycles. The van der Waals surface area contributed by atoms with Crippen LogP contribution in [0.15, 0.2) is 30.3 Å². The van der Waals surface area contributed by atoms with Gasteiger partial charge in [-0.25, -0.2) is 18.0 Å². The van der Waals surface area contributed by atoms with Gasteiger partial charge in [-0.3, -0.25) is 4.79 Å². The molecular weight excluding hydrogens is 424 g/mol. The number of rotatable bonds is 9. The molecule has 0 aromatic heterocycles.